The highest BCUT2D eigenvalue weighted by atomic mass is 32.1. The van der Waals surface area contributed by atoms with Gasteiger partial charge in [-0.05, 0) is 43.9 Å². The number of nitrogens with one attached hydrogen (secondary N) is 1. The molecule has 0 unspecified atom stereocenters. The van der Waals surface area contributed by atoms with Crippen LogP contribution in [0, 0.1) is 6.92 Å². The van der Waals surface area contributed by atoms with Crippen LogP contribution in [0.1, 0.15) is 40.3 Å². The van der Waals surface area contributed by atoms with Gasteiger partial charge in [-0.1, -0.05) is 0 Å². The van der Waals surface area contributed by atoms with Crippen molar-refractivity contribution in [3.8, 4) is 0 Å². The third kappa shape index (κ3) is 3.11. The number of rotatable bonds is 4. The van der Waals surface area contributed by atoms with Gasteiger partial charge in [0.2, 0.25) is 0 Å². The van der Waals surface area contributed by atoms with Crippen molar-refractivity contribution in [3.63, 3.8) is 0 Å². The SMILES string of the molecule is Cc1c(C(=O)N2CCCCC2)sc2ncnc(NCc3ccco3)c12. The Morgan fingerprint density at radius 1 is 1.32 bits per heavy atom. The highest BCUT2D eigenvalue weighted by molar-refractivity contribution is 7.20. The lowest BCUT2D eigenvalue weighted by Crippen LogP contribution is -2.35. The van der Waals surface area contributed by atoms with Gasteiger partial charge in [0.1, 0.15) is 22.7 Å². The van der Waals surface area contributed by atoms with E-state index < -0.39 is 0 Å². The molecule has 1 aliphatic rings. The van der Waals surface area contributed by atoms with E-state index in [1.165, 1.54) is 24.1 Å². The van der Waals surface area contributed by atoms with Crippen LogP contribution in [0.15, 0.2) is 29.1 Å². The Labute approximate surface area is 149 Å². The van der Waals surface area contributed by atoms with Crippen molar-refractivity contribution in [2.75, 3.05) is 18.4 Å². The summed E-state index contributed by atoms with van der Waals surface area (Å²) < 4.78 is 5.36. The first-order chi connectivity index (χ1) is 12.2. The monoisotopic (exact) mass is 356 g/mol. The number of fused-ring (bicyclic) bond motifs is 1. The number of likely N-dealkylation sites (tertiary alicyclic amines) is 1. The molecule has 3 aromatic heterocycles. The molecule has 0 aliphatic carbocycles. The molecule has 1 fully saturated rings. The average Bonchev–Trinajstić information content (AvgIpc) is 3.28. The molecule has 7 heteroatoms. The zero-order chi connectivity index (χ0) is 17.2. The normalized spacial score (nSPS) is 14.8. The maximum absolute atomic E-state index is 12.9. The summed E-state index contributed by atoms with van der Waals surface area (Å²) in [5.74, 6) is 1.70. The molecule has 0 saturated carbocycles. The van der Waals surface area contributed by atoms with E-state index in [1.54, 1.807) is 6.26 Å². The largest absolute Gasteiger partial charge is 0.467 e. The number of hydrogen-bond acceptors (Lipinski definition) is 6. The fourth-order valence-electron chi connectivity index (χ4n) is 3.23. The van der Waals surface area contributed by atoms with Crippen LogP contribution in [-0.4, -0.2) is 33.9 Å². The first-order valence-corrected chi connectivity index (χ1v) is 9.35. The van der Waals surface area contributed by atoms with Crippen LogP contribution in [-0.2, 0) is 6.54 Å². The van der Waals surface area contributed by atoms with Gasteiger partial charge < -0.3 is 14.6 Å². The Bertz CT molecular complexity index is 882. The summed E-state index contributed by atoms with van der Waals surface area (Å²) in [5.41, 5.74) is 0.957. The molecule has 4 rings (SSSR count). The number of aromatic nitrogens is 2. The molecule has 6 nitrogen and oxygen atoms in total. The van der Waals surface area contributed by atoms with Gasteiger partial charge in [-0.25, -0.2) is 9.97 Å². The molecule has 130 valence electrons. The quantitative estimate of drug-likeness (QED) is 0.769. The smallest absolute Gasteiger partial charge is 0.264 e. The molecule has 0 spiro atoms. The predicted octanol–water partition coefficient (Wildman–Crippen LogP) is 3.83. The van der Waals surface area contributed by atoms with Crippen LogP contribution >= 0.6 is 11.3 Å². The van der Waals surface area contributed by atoms with Crippen LogP contribution in [0.25, 0.3) is 10.2 Å². The van der Waals surface area contributed by atoms with Gasteiger partial charge in [-0.2, -0.15) is 0 Å². The van der Waals surface area contributed by atoms with Gasteiger partial charge >= 0.3 is 0 Å². The summed E-state index contributed by atoms with van der Waals surface area (Å²) in [6.07, 6.45) is 6.58. The third-order valence-corrected chi connectivity index (χ3v) is 5.76. The lowest BCUT2D eigenvalue weighted by Gasteiger charge is -2.26. The number of carbonyl (C=O) groups is 1. The fraction of sp³-hybridized carbons (Fsp3) is 0.389. The second-order valence-electron chi connectivity index (χ2n) is 6.24. The summed E-state index contributed by atoms with van der Waals surface area (Å²) in [4.78, 5) is 25.2. The number of thiophene rings is 1. The number of anilines is 1. The first kappa shape index (κ1) is 16.1. The third-order valence-electron chi connectivity index (χ3n) is 4.57. The summed E-state index contributed by atoms with van der Waals surface area (Å²) in [5, 5.41) is 4.23. The predicted molar refractivity (Wildman–Crippen MR) is 97.9 cm³/mol. The molecule has 0 radical (unpaired) electrons. The van der Waals surface area contributed by atoms with Crippen molar-refractivity contribution < 1.29 is 9.21 Å². The minimum atomic E-state index is 0.122. The molecule has 1 N–H and O–H groups in total. The topological polar surface area (TPSA) is 71.3 Å². The van der Waals surface area contributed by atoms with Gasteiger partial charge in [0, 0.05) is 13.1 Å². The Balaban J connectivity index is 1.64. The van der Waals surface area contributed by atoms with Gasteiger partial charge in [-0.15, -0.1) is 11.3 Å². The van der Waals surface area contributed by atoms with Crippen LogP contribution < -0.4 is 5.32 Å². The zero-order valence-corrected chi connectivity index (χ0v) is 14.9. The summed E-state index contributed by atoms with van der Waals surface area (Å²) in [6, 6.07) is 3.77. The molecule has 0 atom stereocenters. The lowest BCUT2D eigenvalue weighted by molar-refractivity contribution is 0.0728. The van der Waals surface area contributed by atoms with Gasteiger partial charge in [0.05, 0.1) is 23.1 Å². The van der Waals surface area contributed by atoms with E-state index in [4.69, 9.17) is 4.42 Å². The summed E-state index contributed by atoms with van der Waals surface area (Å²) >= 11 is 1.46. The van der Waals surface area contributed by atoms with Crippen LogP contribution in [0.5, 0.6) is 0 Å². The lowest BCUT2D eigenvalue weighted by atomic mass is 10.1. The Hall–Kier alpha value is -2.41. The number of aryl methyl sites for hydroxylation is 1. The van der Waals surface area contributed by atoms with E-state index in [1.807, 2.05) is 24.0 Å². The molecule has 3 aromatic rings. The van der Waals surface area contributed by atoms with E-state index in [0.717, 1.165) is 58.2 Å². The number of hydrogen-bond donors (Lipinski definition) is 1. The van der Waals surface area contributed by atoms with Crippen molar-refractivity contribution >= 4 is 33.3 Å². The number of piperidine rings is 1. The highest BCUT2D eigenvalue weighted by Gasteiger charge is 2.24. The van der Waals surface area contributed by atoms with E-state index in [2.05, 4.69) is 15.3 Å². The van der Waals surface area contributed by atoms with Crippen molar-refractivity contribution in [2.24, 2.45) is 0 Å². The van der Waals surface area contributed by atoms with E-state index >= 15 is 0 Å². The Morgan fingerprint density at radius 3 is 2.92 bits per heavy atom. The van der Waals surface area contributed by atoms with Crippen molar-refractivity contribution in [1.82, 2.24) is 14.9 Å². The molecule has 0 aromatic carbocycles. The maximum Gasteiger partial charge on any atom is 0.264 e. The average molecular weight is 356 g/mol. The Kier molecular flexibility index (Phi) is 4.40. The first-order valence-electron chi connectivity index (χ1n) is 8.53. The molecule has 4 heterocycles. The highest BCUT2D eigenvalue weighted by Crippen LogP contribution is 2.34. The summed E-state index contributed by atoms with van der Waals surface area (Å²) in [6.45, 7) is 4.23. The molecular weight excluding hydrogens is 336 g/mol. The molecule has 0 bridgehead atoms. The minimum absolute atomic E-state index is 0.122. The minimum Gasteiger partial charge on any atom is -0.467 e. The standard InChI is InChI=1S/C18H20N4O2S/c1-12-14-16(19-10-13-6-5-9-24-13)20-11-21-17(14)25-15(12)18(23)22-7-3-2-4-8-22/h5-6,9,11H,2-4,7-8,10H2,1H3,(H,19,20,21). The molecule has 1 saturated heterocycles. The van der Waals surface area contributed by atoms with Crippen molar-refractivity contribution in [3.05, 3.63) is 40.9 Å². The van der Waals surface area contributed by atoms with Gasteiger partial charge in [0.15, 0.2) is 0 Å². The molecule has 1 aliphatic heterocycles. The zero-order valence-electron chi connectivity index (χ0n) is 14.1. The number of carbonyl (C=O) groups excluding carboxylic acids is 1. The van der Waals surface area contributed by atoms with E-state index in [0.29, 0.717) is 6.54 Å². The van der Waals surface area contributed by atoms with E-state index in [-0.39, 0.29) is 5.91 Å². The molecule has 25 heavy (non-hydrogen) atoms. The van der Waals surface area contributed by atoms with Gasteiger partial charge in [0.25, 0.3) is 5.91 Å². The number of nitrogens with zero attached hydrogens (tertiary/aromatic N) is 3. The fourth-order valence-corrected chi connectivity index (χ4v) is 4.35. The Morgan fingerprint density at radius 2 is 2.16 bits per heavy atom. The van der Waals surface area contributed by atoms with Gasteiger partial charge in [-0.3, -0.25) is 4.79 Å². The molecular formula is C18H20N4O2S. The number of amides is 1. The van der Waals surface area contributed by atoms with Crippen LogP contribution in [0.4, 0.5) is 5.82 Å². The molecule has 1 amide bonds. The summed E-state index contributed by atoms with van der Waals surface area (Å²) in [7, 11) is 0. The van der Waals surface area contributed by atoms with Crippen molar-refractivity contribution in [1.29, 1.82) is 0 Å². The van der Waals surface area contributed by atoms with Crippen LogP contribution in [0.2, 0.25) is 0 Å². The maximum atomic E-state index is 12.9. The van der Waals surface area contributed by atoms with Crippen LogP contribution in [0.3, 0.4) is 0 Å². The number of furan rings is 1. The van der Waals surface area contributed by atoms with Crippen molar-refractivity contribution in [2.45, 2.75) is 32.7 Å². The second kappa shape index (κ2) is 6.84. The second-order valence-corrected chi connectivity index (χ2v) is 7.24. The van der Waals surface area contributed by atoms with E-state index in [9.17, 15) is 4.79 Å².